The van der Waals surface area contributed by atoms with E-state index in [1.807, 2.05) is 6.92 Å². The predicted molar refractivity (Wildman–Crippen MR) is 66.9 cm³/mol. The quantitative estimate of drug-likeness (QED) is 0.803. The van der Waals surface area contributed by atoms with Crippen molar-refractivity contribution < 1.29 is 18.0 Å². The maximum atomic E-state index is 13.5. The molecule has 1 fully saturated rings. The van der Waals surface area contributed by atoms with Gasteiger partial charge in [0, 0.05) is 25.7 Å². The number of hydrogen-bond donors (Lipinski definition) is 1. The second-order valence-electron chi connectivity index (χ2n) is 4.33. The van der Waals surface area contributed by atoms with Crippen molar-refractivity contribution in [1.82, 2.24) is 10.2 Å². The van der Waals surface area contributed by atoms with Gasteiger partial charge in [-0.25, -0.2) is 13.2 Å². The minimum atomic E-state index is -1.61. The largest absolute Gasteiger partial charge is 0.336 e. The minimum absolute atomic E-state index is 0. The van der Waals surface area contributed by atoms with Gasteiger partial charge in [0.1, 0.15) is 0 Å². The SMILES string of the molecule is CC1CN(C(=O)c2ccc(F)c(F)c2F)CCN1.Cl. The van der Waals surface area contributed by atoms with Gasteiger partial charge in [-0.2, -0.15) is 0 Å². The second kappa shape index (κ2) is 6.25. The number of nitrogens with one attached hydrogen (secondary N) is 1. The number of carbonyl (C=O) groups excluding carboxylic acids is 1. The molecule has 1 atom stereocenters. The van der Waals surface area contributed by atoms with Gasteiger partial charge >= 0.3 is 0 Å². The van der Waals surface area contributed by atoms with Gasteiger partial charge in [0.05, 0.1) is 5.56 Å². The number of halogens is 4. The topological polar surface area (TPSA) is 32.3 Å². The molecule has 1 unspecified atom stereocenters. The average molecular weight is 295 g/mol. The zero-order valence-electron chi connectivity index (χ0n) is 10.3. The molecule has 0 spiro atoms. The maximum Gasteiger partial charge on any atom is 0.257 e. The summed E-state index contributed by atoms with van der Waals surface area (Å²) in [7, 11) is 0. The molecule has 0 aliphatic carbocycles. The van der Waals surface area contributed by atoms with E-state index in [0.29, 0.717) is 19.6 Å². The van der Waals surface area contributed by atoms with E-state index in [2.05, 4.69) is 5.32 Å². The standard InChI is InChI=1S/C12H13F3N2O.ClH/c1-7-6-17(5-4-16-7)12(18)8-2-3-9(13)11(15)10(8)14;/h2-3,7,16H,4-6H2,1H3;1H. The van der Waals surface area contributed by atoms with Crippen LogP contribution in [0.15, 0.2) is 12.1 Å². The van der Waals surface area contributed by atoms with Crippen LogP contribution in [0.4, 0.5) is 13.2 Å². The Morgan fingerprint density at radius 1 is 1.32 bits per heavy atom. The van der Waals surface area contributed by atoms with Crippen molar-refractivity contribution in [3.63, 3.8) is 0 Å². The minimum Gasteiger partial charge on any atom is -0.336 e. The molecule has 1 N–H and O–H groups in total. The summed E-state index contributed by atoms with van der Waals surface area (Å²) < 4.78 is 39.3. The Morgan fingerprint density at radius 2 is 2.00 bits per heavy atom. The van der Waals surface area contributed by atoms with Gasteiger partial charge in [0.15, 0.2) is 17.5 Å². The molecule has 0 saturated carbocycles. The Morgan fingerprint density at radius 3 is 2.63 bits per heavy atom. The number of benzene rings is 1. The first-order valence-electron chi connectivity index (χ1n) is 5.67. The van der Waals surface area contributed by atoms with Crippen LogP contribution in [0.5, 0.6) is 0 Å². The molecule has 1 aliphatic rings. The summed E-state index contributed by atoms with van der Waals surface area (Å²) in [5, 5.41) is 3.13. The average Bonchev–Trinajstić information content (AvgIpc) is 2.35. The van der Waals surface area contributed by atoms with E-state index in [1.165, 1.54) is 4.90 Å². The molecule has 1 heterocycles. The molecule has 1 aliphatic heterocycles. The van der Waals surface area contributed by atoms with Crippen LogP contribution in [0.3, 0.4) is 0 Å². The number of carbonyl (C=O) groups is 1. The zero-order chi connectivity index (χ0) is 13.3. The maximum absolute atomic E-state index is 13.5. The van der Waals surface area contributed by atoms with E-state index in [-0.39, 0.29) is 18.4 Å². The summed E-state index contributed by atoms with van der Waals surface area (Å²) in [4.78, 5) is 13.4. The van der Waals surface area contributed by atoms with Gasteiger partial charge < -0.3 is 10.2 Å². The third-order valence-electron chi connectivity index (χ3n) is 2.92. The molecule has 1 aromatic rings. The highest BCUT2D eigenvalue weighted by atomic mass is 35.5. The smallest absolute Gasteiger partial charge is 0.257 e. The van der Waals surface area contributed by atoms with Crippen molar-refractivity contribution in [2.24, 2.45) is 0 Å². The number of nitrogens with zero attached hydrogens (tertiary/aromatic N) is 1. The van der Waals surface area contributed by atoms with Crippen LogP contribution in [0.2, 0.25) is 0 Å². The number of amides is 1. The molecule has 1 aromatic carbocycles. The number of piperazine rings is 1. The molecule has 1 saturated heterocycles. The van der Waals surface area contributed by atoms with Crippen LogP contribution in [0.25, 0.3) is 0 Å². The third kappa shape index (κ3) is 3.19. The highest BCUT2D eigenvalue weighted by Crippen LogP contribution is 2.17. The first-order valence-corrected chi connectivity index (χ1v) is 5.67. The van der Waals surface area contributed by atoms with E-state index in [0.717, 1.165) is 12.1 Å². The van der Waals surface area contributed by atoms with Crippen LogP contribution >= 0.6 is 12.4 Å². The van der Waals surface area contributed by atoms with Gasteiger partial charge in [0.25, 0.3) is 5.91 Å². The van der Waals surface area contributed by atoms with Gasteiger partial charge in [-0.1, -0.05) is 0 Å². The molecular formula is C12H14ClF3N2O. The normalized spacial score (nSPS) is 18.9. The van der Waals surface area contributed by atoms with Crippen molar-refractivity contribution in [3.8, 4) is 0 Å². The molecular weight excluding hydrogens is 281 g/mol. The molecule has 0 aromatic heterocycles. The monoisotopic (exact) mass is 294 g/mol. The fourth-order valence-corrected chi connectivity index (χ4v) is 1.98. The van der Waals surface area contributed by atoms with Crippen molar-refractivity contribution >= 4 is 18.3 Å². The first-order chi connectivity index (χ1) is 8.50. The molecule has 7 heteroatoms. The highest BCUT2D eigenvalue weighted by Gasteiger charge is 2.26. The highest BCUT2D eigenvalue weighted by molar-refractivity contribution is 5.94. The van der Waals surface area contributed by atoms with Crippen LogP contribution in [-0.4, -0.2) is 36.5 Å². The molecule has 106 valence electrons. The summed E-state index contributed by atoms with van der Waals surface area (Å²) in [6.07, 6.45) is 0. The van der Waals surface area contributed by atoms with E-state index in [1.54, 1.807) is 0 Å². The lowest BCUT2D eigenvalue weighted by molar-refractivity contribution is 0.0703. The van der Waals surface area contributed by atoms with E-state index < -0.39 is 28.9 Å². The third-order valence-corrected chi connectivity index (χ3v) is 2.92. The summed E-state index contributed by atoms with van der Waals surface area (Å²) in [6, 6.07) is 1.83. The van der Waals surface area contributed by atoms with Crippen molar-refractivity contribution in [3.05, 3.63) is 35.1 Å². The summed E-state index contributed by atoms with van der Waals surface area (Å²) in [6.45, 7) is 3.32. The Kier molecular flexibility index (Phi) is 5.20. The fraction of sp³-hybridized carbons (Fsp3) is 0.417. The zero-order valence-corrected chi connectivity index (χ0v) is 11.1. The van der Waals surface area contributed by atoms with Gasteiger partial charge in [-0.05, 0) is 19.1 Å². The Bertz CT molecular complexity index is 484. The summed E-state index contributed by atoms with van der Waals surface area (Å²) in [5.74, 6) is -4.94. The Labute approximate surface area is 115 Å². The van der Waals surface area contributed by atoms with Crippen molar-refractivity contribution in [1.29, 1.82) is 0 Å². The van der Waals surface area contributed by atoms with Crippen LogP contribution in [-0.2, 0) is 0 Å². The number of hydrogen-bond acceptors (Lipinski definition) is 2. The lowest BCUT2D eigenvalue weighted by Crippen LogP contribution is -2.51. The van der Waals surface area contributed by atoms with Gasteiger partial charge in [0.2, 0.25) is 0 Å². The van der Waals surface area contributed by atoms with Crippen LogP contribution in [0, 0.1) is 17.5 Å². The van der Waals surface area contributed by atoms with Gasteiger partial charge in [-0.3, -0.25) is 4.79 Å². The summed E-state index contributed by atoms with van der Waals surface area (Å²) >= 11 is 0. The molecule has 1 amide bonds. The Hall–Kier alpha value is -1.27. The van der Waals surface area contributed by atoms with Crippen LogP contribution < -0.4 is 5.32 Å². The van der Waals surface area contributed by atoms with E-state index >= 15 is 0 Å². The molecule has 0 bridgehead atoms. The molecule has 19 heavy (non-hydrogen) atoms. The predicted octanol–water partition coefficient (Wildman–Crippen LogP) is 1.96. The van der Waals surface area contributed by atoms with Crippen molar-refractivity contribution in [2.75, 3.05) is 19.6 Å². The molecule has 3 nitrogen and oxygen atoms in total. The Balaban J connectivity index is 0.00000180. The molecule has 2 rings (SSSR count). The second-order valence-corrected chi connectivity index (χ2v) is 4.33. The van der Waals surface area contributed by atoms with E-state index in [4.69, 9.17) is 0 Å². The lowest BCUT2D eigenvalue weighted by Gasteiger charge is -2.32. The molecule has 0 radical (unpaired) electrons. The van der Waals surface area contributed by atoms with Gasteiger partial charge in [-0.15, -0.1) is 12.4 Å². The fourth-order valence-electron chi connectivity index (χ4n) is 1.98. The first kappa shape index (κ1) is 15.8. The van der Waals surface area contributed by atoms with Crippen LogP contribution in [0.1, 0.15) is 17.3 Å². The lowest BCUT2D eigenvalue weighted by atomic mass is 10.1. The van der Waals surface area contributed by atoms with E-state index in [9.17, 15) is 18.0 Å². The summed E-state index contributed by atoms with van der Waals surface area (Å²) in [5.41, 5.74) is -0.428. The van der Waals surface area contributed by atoms with Crippen molar-refractivity contribution in [2.45, 2.75) is 13.0 Å². The number of rotatable bonds is 1.